The highest BCUT2D eigenvalue weighted by atomic mass is 16.3. The molecule has 0 aliphatic heterocycles. The summed E-state index contributed by atoms with van der Waals surface area (Å²) in [7, 11) is 0. The molecule has 94 valence electrons. The summed E-state index contributed by atoms with van der Waals surface area (Å²) < 4.78 is 0. The Balaban J connectivity index is 4.88. The summed E-state index contributed by atoms with van der Waals surface area (Å²) in [5.41, 5.74) is 4.82. The molecule has 0 saturated heterocycles. The van der Waals surface area contributed by atoms with Gasteiger partial charge in [0.2, 0.25) is 0 Å². The fourth-order valence-electron chi connectivity index (χ4n) is 1.13. The van der Waals surface area contributed by atoms with Crippen LogP contribution >= 0.6 is 0 Å². The number of nitrogens with two attached hydrogens (primary N) is 1. The van der Waals surface area contributed by atoms with Crippen LogP contribution in [-0.4, -0.2) is 29.7 Å². The number of nitrogens with one attached hydrogen (secondary N) is 2. The summed E-state index contributed by atoms with van der Waals surface area (Å²) in [5.74, 6) is -0.863. The third-order valence-corrected chi connectivity index (χ3v) is 2.08. The van der Waals surface area contributed by atoms with E-state index >= 15 is 0 Å². The van der Waals surface area contributed by atoms with Gasteiger partial charge in [-0.2, -0.15) is 5.26 Å². The minimum Gasteiger partial charge on any atom is -0.394 e. The molecule has 0 bridgehead atoms. The molecular formula is C10H16N4O3. The maximum absolute atomic E-state index is 11.4. The molecular weight excluding hydrogens is 224 g/mol. The van der Waals surface area contributed by atoms with Crippen LogP contribution in [0.15, 0.2) is 11.3 Å². The Labute approximate surface area is 99.3 Å². The number of rotatable bonds is 5. The summed E-state index contributed by atoms with van der Waals surface area (Å²) in [6, 6.07) is 0.403. The lowest BCUT2D eigenvalue weighted by atomic mass is 10.1. The van der Waals surface area contributed by atoms with Crippen LogP contribution in [0, 0.1) is 11.3 Å². The molecule has 0 spiro atoms. The molecule has 0 aliphatic carbocycles. The number of carbonyl (C=O) groups is 2. The van der Waals surface area contributed by atoms with Gasteiger partial charge in [0.25, 0.3) is 5.91 Å². The van der Waals surface area contributed by atoms with E-state index in [2.05, 4.69) is 5.32 Å². The first-order valence-corrected chi connectivity index (χ1v) is 5.05. The first-order chi connectivity index (χ1) is 7.96. The second-order valence-corrected chi connectivity index (χ2v) is 3.36. The minimum atomic E-state index is -1.02. The fourth-order valence-corrected chi connectivity index (χ4v) is 1.13. The van der Waals surface area contributed by atoms with Gasteiger partial charge >= 0.3 is 6.03 Å². The average Bonchev–Trinajstić information content (AvgIpc) is 2.25. The molecule has 0 unspecified atom stereocenters. The van der Waals surface area contributed by atoms with Crippen molar-refractivity contribution < 1.29 is 14.7 Å². The fraction of sp³-hybridized carbons (Fsp3) is 0.500. The Kier molecular flexibility index (Phi) is 6.36. The number of urea groups is 1. The Hall–Kier alpha value is -2.07. The molecule has 7 heteroatoms. The summed E-state index contributed by atoms with van der Waals surface area (Å²) in [6.07, 6.45) is 0.629. The van der Waals surface area contributed by atoms with Gasteiger partial charge in [0.1, 0.15) is 11.6 Å². The van der Waals surface area contributed by atoms with Crippen molar-refractivity contribution in [2.75, 3.05) is 6.61 Å². The number of primary amides is 1. The molecule has 0 heterocycles. The van der Waals surface area contributed by atoms with E-state index in [1.807, 2.05) is 6.92 Å². The molecule has 3 amide bonds. The van der Waals surface area contributed by atoms with Gasteiger partial charge < -0.3 is 16.2 Å². The van der Waals surface area contributed by atoms with Crippen molar-refractivity contribution in [2.45, 2.75) is 26.3 Å². The smallest absolute Gasteiger partial charge is 0.319 e. The zero-order chi connectivity index (χ0) is 13.4. The number of hydrogen-bond acceptors (Lipinski definition) is 5. The number of hydrogen-bond donors (Lipinski definition) is 4. The Bertz CT molecular complexity index is 366. The molecule has 0 fully saturated rings. The third-order valence-electron chi connectivity index (χ3n) is 2.08. The van der Waals surface area contributed by atoms with Crippen LogP contribution in [0.3, 0.4) is 0 Å². The minimum absolute atomic E-state index is 0.121. The molecule has 0 radical (unpaired) electrons. The number of aliphatic hydroxyl groups is 1. The SMILES string of the molecule is CC[C@H](CO)N/C(C)=C(/C#N)C(=O)NC(N)=O. The van der Waals surface area contributed by atoms with Crippen LogP contribution in [-0.2, 0) is 4.79 Å². The molecule has 7 nitrogen and oxygen atoms in total. The van der Waals surface area contributed by atoms with Crippen LogP contribution in [0.25, 0.3) is 0 Å². The molecule has 0 aromatic heterocycles. The zero-order valence-corrected chi connectivity index (χ0v) is 9.78. The molecule has 0 aromatic carbocycles. The van der Waals surface area contributed by atoms with Gasteiger partial charge in [0.05, 0.1) is 6.61 Å². The highest BCUT2D eigenvalue weighted by Crippen LogP contribution is 2.03. The van der Waals surface area contributed by atoms with E-state index in [0.29, 0.717) is 6.42 Å². The van der Waals surface area contributed by atoms with Gasteiger partial charge in [-0.05, 0) is 13.3 Å². The van der Waals surface area contributed by atoms with Gasteiger partial charge in [-0.1, -0.05) is 6.92 Å². The Morgan fingerprint density at radius 2 is 2.12 bits per heavy atom. The molecule has 17 heavy (non-hydrogen) atoms. The van der Waals surface area contributed by atoms with Crippen molar-refractivity contribution in [2.24, 2.45) is 5.73 Å². The molecule has 0 rings (SSSR count). The first kappa shape index (κ1) is 14.9. The monoisotopic (exact) mass is 240 g/mol. The highest BCUT2D eigenvalue weighted by molar-refractivity contribution is 6.06. The highest BCUT2D eigenvalue weighted by Gasteiger charge is 2.15. The lowest BCUT2D eigenvalue weighted by Crippen LogP contribution is -2.38. The van der Waals surface area contributed by atoms with Crippen molar-refractivity contribution in [1.29, 1.82) is 5.26 Å². The quantitative estimate of drug-likeness (QED) is 0.374. The second kappa shape index (κ2) is 7.24. The predicted octanol–water partition coefficient (Wildman–Crippen LogP) is -0.661. The van der Waals surface area contributed by atoms with E-state index < -0.39 is 11.9 Å². The van der Waals surface area contributed by atoms with Gasteiger partial charge in [-0.15, -0.1) is 0 Å². The molecule has 0 aliphatic rings. The van der Waals surface area contributed by atoms with Crippen LogP contribution in [0.5, 0.6) is 0 Å². The topological polar surface area (TPSA) is 128 Å². The Morgan fingerprint density at radius 1 is 1.53 bits per heavy atom. The van der Waals surface area contributed by atoms with Gasteiger partial charge in [-0.25, -0.2) is 4.79 Å². The van der Waals surface area contributed by atoms with Gasteiger partial charge in [0, 0.05) is 11.7 Å². The zero-order valence-electron chi connectivity index (χ0n) is 9.78. The van der Waals surface area contributed by atoms with Crippen LogP contribution in [0.4, 0.5) is 4.79 Å². The largest absolute Gasteiger partial charge is 0.394 e. The van der Waals surface area contributed by atoms with Gasteiger partial charge in [-0.3, -0.25) is 10.1 Å². The third kappa shape index (κ3) is 4.99. The number of carbonyl (C=O) groups excluding carboxylic acids is 2. The van der Waals surface area contributed by atoms with E-state index in [1.54, 1.807) is 11.4 Å². The maximum atomic E-state index is 11.4. The first-order valence-electron chi connectivity index (χ1n) is 5.05. The normalized spacial score (nSPS) is 13.1. The summed E-state index contributed by atoms with van der Waals surface area (Å²) >= 11 is 0. The molecule has 5 N–H and O–H groups in total. The van der Waals surface area contributed by atoms with Crippen molar-refractivity contribution in [3.63, 3.8) is 0 Å². The van der Waals surface area contributed by atoms with E-state index in [9.17, 15) is 9.59 Å². The lowest BCUT2D eigenvalue weighted by molar-refractivity contribution is -0.116. The number of imide groups is 1. The summed E-state index contributed by atoms with van der Waals surface area (Å²) in [5, 5.41) is 22.4. The lowest BCUT2D eigenvalue weighted by Gasteiger charge is -2.16. The Morgan fingerprint density at radius 3 is 2.47 bits per heavy atom. The number of nitrogens with zero attached hydrogens (tertiary/aromatic N) is 1. The van der Waals surface area contributed by atoms with E-state index in [4.69, 9.17) is 16.1 Å². The van der Waals surface area contributed by atoms with Crippen LogP contribution in [0.2, 0.25) is 0 Å². The van der Waals surface area contributed by atoms with E-state index in [0.717, 1.165) is 0 Å². The van der Waals surface area contributed by atoms with Crippen molar-refractivity contribution >= 4 is 11.9 Å². The number of amides is 3. The van der Waals surface area contributed by atoms with Crippen molar-refractivity contribution in [3.8, 4) is 6.07 Å². The standard InChI is InChI=1S/C10H16N4O3/c1-3-7(5-15)13-6(2)8(4-11)9(16)14-10(12)17/h7,13,15H,3,5H2,1-2H3,(H3,12,14,16,17)/b8-6-/t7-/m1/s1. The number of nitriles is 1. The summed E-state index contributed by atoms with van der Waals surface area (Å²) in [4.78, 5) is 21.9. The molecule has 0 aromatic rings. The van der Waals surface area contributed by atoms with E-state index in [-0.39, 0.29) is 23.9 Å². The van der Waals surface area contributed by atoms with E-state index in [1.165, 1.54) is 6.92 Å². The van der Waals surface area contributed by atoms with Crippen LogP contribution < -0.4 is 16.4 Å². The van der Waals surface area contributed by atoms with Crippen molar-refractivity contribution in [3.05, 3.63) is 11.3 Å². The number of aliphatic hydroxyl groups excluding tert-OH is 1. The maximum Gasteiger partial charge on any atom is 0.319 e. The predicted molar refractivity (Wildman–Crippen MR) is 60.3 cm³/mol. The molecule has 1 atom stereocenters. The van der Waals surface area contributed by atoms with Crippen LogP contribution in [0.1, 0.15) is 20.3 Å². The second-order valence-electron chi connectivity index (χ2n) is 3.36. The molecule has 0 saturated carbocycles. The summed E-state index contributed by atoms with van der Waals surface area (Å²) in [6.45, 7) is 3.23. The van der Waals surface area contributed by atoms with Crippen molar-refractivity contribution in [1.82, 2.24) is 10.6 Å². The van der Waals surface area contributed by atoms with Gasteiger partial charge in [0.15, 0.2) is 0 Å². The number of allylic oxidation sites excluding steroid dienone is 1. The average molecular weight is 240 g/mol.